The summed E-state index contributed by atoms with van der Waals surface area (Å²) in [5, 5.41) is 3.59. The molecule has 0 aromatic heterocycles. The highest BCUT2D eigenvalue weighted by molar-refractivity contribution is 6.33. The molecule has 1 aliphatic carbocycles. The fourth-order valence-electron chi connectivity index (χ4n) is 4.07. The molecule has 0 unspecified atom stereocenters. The van der Waals surface area contributed by atoms with Gasteiger partial charge < -0.3 is 5.32 Å². The summed E-state index contributed by atoms with van der Waals surface area (Å²) in [4.78, 5) is 14.8. The van der Waals surface area contributed by atoms with Crippen LogP contribution in [0.2, 0.25) is 5.02 Å². The smallest absolute Gasteiger partial charge is 0.225 e. The van der Waals surface area contributed by atoms with Crippen LogP contribution in [0.3, 0.4) is 0 Å². The summed E-state index contributed by atoms with van der Waals surface area (Å²) >= 11 is 6.17. The van der Waals surface area contributed by atoms with E-state index in [1.807, 2.05) is 25.1 Å². The Bertz CT molecular complexity index is 526. The van der Waals surface area contributed by atoms with Crippen LogP contribution < -0.4 is 5.32 Å². The Morgan fingerprint density at radius 1 is 1.32 bits per heavy atom. The Hall–Kier alpha value is -1.06. The molecule has 0 spiro atoms. The molecule has 0 radical (unpaired) electrons. The van der Waals surface area contributed by atoms with Gasteiger partial charge in [0.15, 0.2) is 0 Å². The second-order valence-electron chi connectivity index (χ2n) is 6.67. The van der Waals surface area contributed by atoms with Crippen molar-refractivity contribution in [2.75, 3.05) is 18.4 Å². The lowest BCUT2D eigenvalue weighted by Gasteiger charge is -2.37. The van der Waals surface area contributed by atoms with Crippen LogP contribution in [0.25, 0.3) is 0 Å². The fourth-order valence-corrected chi connectivity index (χ4v) is 4.34. The quantitative estimate of drug-likeness (QED) is 0.900. The number of hydrogen-bond acceptors (Lipinski definition) is 2. The number of amides is 1. The maximum absolute atomic E-state index is 12.3. The number of nitrogens with one attached hydrogen (secondary N) is 1. The third-order valence-electron chi connectivity index (χ3n) is 5.22. The van der Waals surface area contributed by atoms with Crippen molar-refractivity contribution >= 4 is 23.2 Å². The highest BCUT2D eigenvalue weighted by atomic mass is 35.5. The first-order valence-corrected chi connectivity index (χ1v) is 8.82. The Morgan fingerprint density at radius 2 is 2.14 bits per heavy atom. The highest BCUT2D eigenvalue weighted by Gasteiger charge is 2.34. The molecule has 1 amide bonds. The van der Waals surface area contributed by atoms with Gasteiger partial charge in [0, 0.05) is 19.0 Å². The van der Waals surface area contributed by atoms with E-state index in [-0.39, 0.29) is 5.91 Å². The molecular formula is C18H25ClN2O. The monoisotopic (exact) mass is 320 g/mol. The van der Waals surface area contributed by atoms with Gasteiger partial charge in [-0.3, -0.25) is 9.69 Å². The lowest BCUT2D eigenvalue weighted by molar-refractivity contribution is -0.116. The first kappa shape index (κ1) is 15.8. The number of carbonyl (C=O) groups excluding carboxylic acids is 1. The molecular weight excluding hydrogens is 296 g/mol. The van der Waals surface area contributed by atoms with Crippen molar-refractivity contribution in [1.82, 2.24) is 4.90 Å². The van der Waals surface area contributed by atoms with Gasteiger partial charge in [-0.05, 0) is 56.7 Å². The number of carbonyl (C=O) groups is 1. The molecule has 22 heavy (non-hydrogen) atoms. The molecule has 1 saturated heterocycles. The van der Waals surface area contributed by atoms with Crippen LogP contribution in [0.15, 0.2) is 18.2 Å². The van der Waals surface area contributed by atoms with Gasteiger partial charge in [-0.25, -0.2) is 0 Å². The van der Waals surface area contributed by atoms with Gasteiger partial charge in [-0.2, -0.15) is 0 Å². The van der Waals surface area contributed by atoms with E-state index in [4.69, 9.17) is 11.6 Å². The van der Waals surface area contributed by atoms with Gasteiger partial charge in [-0.15, -0.1) is 0 Å². The van der Waals surface area contributed by atoms with Crippen LogP contribution in [0.4, 0.5) is 5.69 Å². The minimum Gasteiger partial charge on any atom is -0.325 e. The number of likely N-dealkylation sites (tertiary alicyclic amines) is 1. The number of nitrogens with zero attached hydrogens (tertiary/aromatic N) is 1. The number of fused-ring (bicyclic) bond motifs is 1. The average molecular weight is 321 g/mol. The average Bonchev–Trinajstić information content (AvgIpc) is 2.98. The lowest BCUT2D eigenvalue weighted by atomic mass is 9.92. The molecule has 0 bridgehead atoms. The van der Waals surface area contributed by atoms with Crippen LogP contribution in [-0.2, 0) is 4.79 Å². The highest BCUT2D eigenvalue weighted by Crippen LogP contribution is 2.36. The second kappa shape index (κ2) is 7.01. The van der Waals surface area contributed by atoms with E-state index >= 15 is 0 Å². The summed E-state index contributed by atoms with van der Waals surface area (Å²) in [6.07, 6.45) is 7.27. The van der Waals surface area contributed by atoms with E-state index in [1.54, 1.807) is 0 Å². The lowest BCUT2D eigenvalue weighted by Crippen LogP contribution is -2.43. The van der Waals surface area contributed by atoms with Crippen LogP contribution in [0.5, 0.6) is 0 Å². The zero-order chi connectivity index (χ0) is 15.5. The fraction of sp³-hybridized carbons (Fsp3) is 0.611. The van der Waals surface area contributed by atoms with Crippen LogP contribution in [0.1, 0.15) is 44.1 Å². The summed E-state index contributed by atoms with van der Waals surface area (Å²) < 4.78 is 0. The molecule has 2 atom stereocenters. The Labute approximate surface area is 138 Å². The first-order chi connectivity index (χ1) is 10.6. The summed E-state index contributed by atoms with van der Waals surface area (Å²) in [7, 11) is 0. The van der Waals surface area contributed by atoms with E-state index < -0.39 is 0 Å². The van der Waals surface area contributed by atoms with Crippen molar-refractivity contribution in [3.05, 3.63) is 28.8 Å². The van der Waals surface area contributed by atoms with Crippen molar-refractivity contribution in [3.8, 4) is 0 Å². The van der Waals surface area contributed by atoms with Crippen LogP contribution >= 0.6 is 11.6 Å². The molecule has 1 aliphatic heterocycles. The Kier molecular flexibility index (Phi) is 5.04. The maximum atomic E-state index is 12.3. The molecule has 1 aromatic rings. The summed E-state index contributed by atoms with van der Waals surface area (Å²) in [5.41, 5.74) is 1.77. The van der Waals surface area contributed by atoms with E-state index in [9.17, 15) is 4.79 Å². The summed E-state index contributed by atoms with van der Waals surface area (Å²) in [5.74, 6) is 0.943. The molecule has 1 saturated carbocycles. The molecule has 1 N–H and O–H groups in total. The predicted molar refractivity (Wildman–Crippen MR) is 91.4 cm³/mol. The molecule has 2 fully saturated rings. The number of para-hydroxylation sites is 1. The van der Waals surface area contributed by atoms with Crippen LogP contribution in [0, 0.1) is 12.8 Å². The number of rotatable bonds is 4. The molecule has 4 heteroatoms. The van der Waals surface area contributed by atoms with Crippen molar-refractivity contribution in [1.29, 1.82) is 0 Å². The third-order valence-corrected chi connectivity index (χ3v) is 5.54. The van der Waals surface area contributed by atoms with Crippen LogP contribution in [-0.4, -0.2) is 29.9 Å². The SMILES string of the molecule is Cc1cccc(Cl)c1NC(=O)CCN1CCC[C@@H]2CCC[C@H]21. The molecule has 3 nitrogen and oxygen atoms in total. The summed E-state index contributed by atoms with van der Waals surface area (Å²) in [6.45, 7) is 3.99. The topological polar surface area (TPSA) is 32.3 Å². The van der Waals surface area contributed by atoms with Crippen molar-refractivity contribution in [3.63, 3.8) is 0 Å². The van der Waals surface area contributed by atoms with Gasteiger partial charge in [0.05, 0.1) is 10.7 Å². The minimum atomic E-state index is 0.0660. The number of piperidine rings is 1. The number of anilines is 1. The molecule has 120 valence electrons. The summed E-state index contributed by atoms with van der Waals surface area (Å²) in [6, 6.07) is 6.41. The molecule has 2 aliphatic rings. The number of hydrogen-bond donors (Lipinski definition) is 1. The minimum absolute atomic E-state index is 0.0660. The molecule has 1 aromatic carbocycles. The number of aryl methyl sites for hydroxylation is 1. The zero-order valence-corrected chi connectivity index (χ0v) is 14.0. The van der Waals surface area contributed by atoms with E-state index in [0.29, 0.717) is 11.4 Å². The Balaban J connectivity index is 1.54. The van der Waals surface area contributed by atoms with E-state index in [0.717, 1.165) is 36.3 Å². The van der Waals surface area contributed by atoms with Gasteiger partial charge in [-0.1, -0.05) is 30.2 Å². The third kappa shape index (κ3) is 3.47. The molecule has 3 rings (SSSR count). The van der Waals surface area contributed by atoms with Gasteiger partial charge in [0.25, 0.3) is 0 Å². The number of benzene rings is 1. The largest absolute Gasteiger partial charge is 0.325 e. The standard InChI is InChI=1S/C18H25ClN2O/c1-13-5-2-8-15(19)18(13)20-17(22)10-12-21-11-4-7-14-6-3-9-16(14)21/h2,5,8,14,16H,3-4,6-7,9-12H2,1H3,(H,20,22)/t14-,16+/m0/s1. The first-order valence-electron chi connectivity index (χ1n) is 8.44. The maximum Gasteiger partial charge on any atom is 0.225 e. The van der Waals surface area contributed by atoms with Gasteiger partial charge >= 0.3 is 0 Å². The van der Waals surface area contributed by atoms with Crippen molar-refractivity contribution in [2.45, 2.75) is 51.5 Å². The van der Waals surface area contributed by atoms with E-state index in [2.05, 4.69) is 10.2 Å². The van der Waals surface area contributed by atoms with Gasteiger partial charge in [0.1, 0.15) is 0 Å². The Morgan fingerprint density at radius 3 is 2.95 bits per heavy atom. The molecule has 1 heterocycles. The van der Waals surface area contributed by atoms with Gasteiger partial charge in [0.2, 0.25) is 5.91 Å². The van der Waals surface area contributed by atoms with Crippen molar-refractivity contribution < 1.29 is 4.79 Å². The van der Waals surface area contributed by atoms with Crippen molar-refractivity contribution in [2.24, 2.45) is 5.92 Å². The number of halogens is 1. The predicted octanol–water partition coefficient (Wildman–Crippen LogP) is 4.24. The normalized spacial score (nSPS) is 25.0. The van der Waals surface area contributed by atoms with E-state index in [1.165, 1.54) is 32.1 Å². The second-order valence-corrected chi connectivity index (χ2v) is 7.07. The zero-order valence-electron chi connectivity index (χ0n) is 13.3.